The third kappa shape index (κ3) is 7.15. The zero-order valence-corrected chi connectivity index (χ0v) is 8.25. The third-order valence-electron chi connectivity index (χ3n) is 1.49. The average Bonchev–Trinajstić information content (AvgIpc) is 2.02. The van der Waals surface area contributed by atoms with Crippen LogP contribution >= 0.6 is 0 Å². The highest BCUT2D eigenvalue weighted by molar-refractivity contribution is 5.75. The molecule has 0 aromatic carbocycles. The molecule has 2 amide bonds. The number of rotatable bonds is 6. The Bertz CT molecular complexity index is 216. The number of carboxylic acids is 1. The predicted octanol–water partition coefficient (Wildman–Crippen LogP) is 0.725. The fourth-order valence-electron chi connectivity index (χ4n) is 0.876. The number of aliphatic carboxylic acids is 1. The molecule has 3 N–H and O–H groups in total. The maximum atomic E-state index is 11.1. The first-order chi connectivity index (χ1) is 6.56. The topological polar surface area (TPSA) is 78.4 Å². The summed E-state index contributed by atoms with van der Waals surface area (Å²) in [5.41, 5.74) is 0. The number of hydrogen-bond acceptors (Lipinski definition) is 2. The van der Waals surface area contributed by atoms with Crippen LogP contribution in [0, 0.1) is 0 Å². The minimum Gasteiger partial charge on any atom is -0.481 e. The minimum absolute atomic E-state index is 0.0745. The van der Waals surface area contributed by atoms with Gasteiger partial charge in [0.15, 0.2) is 0 Å². The Balaban J connectivity index is 3.60. The molecule has 1 unspecified atom stereocenters. The molecule has 0 aliphatic carbocycles. The van der Waals surface area contributed by atoms with Crippen LogP contribution in [0.4, 0.5) is 4.79 Å². The van der Waals surface area contributed by atoms with Gasteiger partial charge in [0.1, 0.15) is 0 Å². The lowest BCUT2D eigenvalue weighted by molar-refractivity contribution is -0.137. The van der Waals surface area contributed by atoms with E-state index in [0.29, 0.717) is 13.0 Å². The Kier molecular flexibility index (Phi) is 6.19. The fraction of sp³-hybridized carbons (Fsp3) is 0.556. The van der Waals surface area contributed by atoms with E-state index in [9.17, 15) is 9.59 Å². The number of carbonyl (C=O) groups excluding carboxylic acids is 1. The summed E-state index contributed by atoms with van der Waals surface area (Å²) in [7, 11) is 0. The predicted molar refractivity (Wildman–Crippen MR) is 53.1 cm³/mol. The van der Waals surface area contributed by atoms with E-state index in [0.717, 1.165) is 0 Å². The molecule has 0 saturated heterocycles. The van der Waals surface area contributed by atoms with Crippen molar-refractivity contribution in [2.45, 2.75) is 25.8 Å². The summed E-state index contributed by atoms with van der Waals surface area (Å²) in [6.45, 7) is 5.66. The number of amides is 2. The van der Waals surface area contributed by atoms with Crippen molar-refractivity contribution >= 4 is 12.0 Å². The van der Waals surface area contributed by atoms with E-state index in [4.69, 9.17) is 5.11 Å². The highest BCUT2D eigenvalue weighted by atomic mass is 16.4. The Labute approximate surface area is 83.2 Å². The van der Waals surface area contributed by atoms with Gasteiger partial charge < -0.3 is 15.7 Å². The van der Waals surface area contributed by atoms with Gasteiger partial charge in [0.05, 0.1) is 6.42 Å². The molecule has 0 bridgehead atoms. The van der Waals surface area contributed by atoms with E-state index in [1.165, 1.54) is 0 Å². The summed E-state index contributed by atoms with van der Waals surface area (Å²) >= 11 is 0. The number of carboxylic acid groups (broad SMARTS) is 1. The first-order valence-corrected chi connectivity index (χ1v) is 4.43. The van der Waals surface area contributed by atoms with Crippen molar-refractivity contribution in [3.63, 3.8) is 0 Å². The molecule has 0 rings (SSSR count). The number of carbonyl (C=O) groups is 2. The molecule has 5 nitrogen and oxygen atoms in total. The molecule has 0 saturated carbocycles. The second kappa shape index (κ2) is 6.94. The summed E-state index contributed by atoms with van der Waals surface area (Å²) in [4.78, 5) is 21.3. The van der Waals surface area contributed by atoms with Gasteiger partial charge in [-0.3, -0.25) is 4.79 Å². The summed E-state index contributed by atoms with van der Waals surface area (Å²) in [6, 6.07) is -0.711. The SMILES string of the molecule is C=CCCNC(=O)NC(C)CC(=O)O. The van der Waals surface area contributed by atoms with Crippen LogP contribution in [0.3, 0.4) is 0 Å². The molecule has 0 aliphatic heterocycles. The van der Waals surface area contributed by atoms with Crippen LogP contribution in [0.2, 0.25) is 0 Å². The van der Waals surface area contributed by atoms with Crippen LogP contribution < -0.4 is 10.6 Å². The first kappa shape index (κ1) is 12.5. The quantitative estimate of drug-likeness (QED) is 0.437. The second-order valence-electron chi connectivity index (χ2n) is 2.98. The van der Waals surface area contributed by atoms with Crippen molar-refractivity contribution in [3.8, 4) is 0 Å². The molecular formula is C9H16N2O3. The fourth-order valence-corrected chi connectivity index (χ4v) is 0.876. The van der Waals surface area contributed by atoms with Gasteiger partial charge >= 0.3 is 12.0 Å². The number of hydrogen-bond donors (Lipinski definition) is 3. The van der Waals surface area contributed by atoms with Gasteiger partial charge in [0, 0.05) is 12.6 Å². The Morgan fingerprint density at radius 2 is 2.21 bits per heavy atom. The molecule has 80 valence electrons. The van der Waals surface area contributed by atoms with E-state index in [2.05, 4.69) is 17.2 Å². The van der Waals surface area contributed by atoms with Crippen molar-refractivity contribution in [3.05, 3.63) is 12.7 Å². The van der Waals surface area contributed by atoms with Crippen LogP contribution in [0.15, 0.2) is 12.7 Å². The lowest BCUT2D eigenvalue weighted by Crippen LogP contribution is -2.41. The summed E-state index contributed by atoms with van der Waals surface area (Å²) < 4.78 is 0. The smallest absolute Gasteiger partial charge is 0.315 e. The Morgan fingerprint density at radius 1 is 1.57 bits per heavy atom. The molecule has 0 aliphatic rings. The van der Waals surface area contributed by atoms with Gasteiger partial charge in [0.25, 0.3) is 0 Å². The number of nitrogens with one attached hydrogen (secondary N) is 2. The van der Waals surface area contributed by atoms with E-state index in [1.807, 2.05) is 0 Å². The van der Waals surface area contributed by atoms with E-state index < -0.39 is 5.97 Å². The number of urea groups is 1. The van der Waals surface area contributed by atoms with Crippen LogP contribution in [0.5, 0.6) is 0 Å². The molecule has 5 heteroatoms. The molecule has 0 fully saturated rings. The van der Waals surface area contributed by atoms with Crippen molar-refractivity contribution in [1.82, 2.24) is 10.6 Å². The lowest BCUT2D eigenvalue weighted by Gasteiger charge is -2.11. The zero-order chi connectivity index (χ0) is 11.0. The zero-order valence-electron chi connectivity index (χ0n) is 8.25. The molecule has 14 heavy (non-hydrogen) atoms. The molecule has 0 aromatic rings. The van der Waals surface area contributed by atoms with Crippen molar-refractivity contribution in [2.75, 3.05) is 6.54 Å². The van der Waals surface area contributed by atoms with Crippen LogP contribution in [-0.2, 0) is 4.79 Å². The highest BCUT2D eigenvalue weighted by Gasteiger charge is 2.09. The average molecular weight is 200 g/mol. The van der Waals surface area contributed by atoms with Gasteiger partial charge in [-0.25, -0.2) is 4.79 Å². The maximum absolute atomic E-state index is 11.1. The standard InChI is InChI=1S/C9H16N2O3/c1-3-4-5-10-9(14)11-7(2)6-8(12)13/h3,7H,1,4-6H2,2H3,(H,12,13)(H2,10,11,14). The second-order valence-corrected chi connectivity index (χ2v) is 2.98. The van der Waals surface area contributed by atoms with Crippen LogP contribution in [0.25, 0.3) is 0 Å². The normalized spacial score (nSPS) is 11.5. The van der Waals surface area contributed by atoms with Crippen LogP contribution in [-0.4, -0.2) is 29.7 Å². The molecule has 1 atom stereocenters. The highest BCUT2D eigenvalue weighted by Crippen LogP contribution is 1.89. The molecular weight excluding hydrogens is 184 g/mol. The van der Waals surface area contributed by atoms with Crippen molar-refractivity contribution < 1.29 is 14.7 Å². The molecule has 0 aromatic heterocycles. The Hall–Kier alpha value is -1.52. The van der Waals surface area contributed by atoms with Gasteiger partial charge in [-0.2, -0.15) is 0 Å². The van der Waals surface area contributed by atoms with E-state index in [1.54, 1.807) is 13.0 Å². The van der Waals surface area contributed by atoms with Crippen molar-refractivity contribution in [2.24, 2.45) is 0 Å². The molecule has 0 radical (unpaired) electrons. The van der Waals surface area contributed by atoms with Crippen molar-refractivity contribution in [1.29, 1.82) is 0 Å². The lowest BCUT2D eigenvalue weighted by atomic mass is 10.2. The summed E-state index contributed by atoms with van der Waals surface area (Å²) in [5, 5.41) is 13.5. The summed E-state index contributed by atoms with van der Waals surface area (Å²) in [5.74, 6) is -0.927. The largest absolute Gasteiger partial charge is 0.481 e. The van der Waals surface area contributed by atoms with E-state index >= 15 is 0 Å². The van der Waals surface area contributed by atoms with Gasteiger partial charge in [0.2, 0.25) is 0 Å². The van der Waals surface area contributed by atoms with Gasteiger partial charge in [-0.1, -0.05) is 6.08 Å². The Morgan fingerprint density at radius 3 is 2.71 bits per heavy atom. The van der Waals surface area contributed by atoms with Gasteiger partial charge in [-0.05, 0) is 13.3 Å². The summed E-state index contributed by atoms with van der Waals surface area (Å²) in [6.07, 6.45) is 2.32. The monoisotopic (exact) mass is 200 g/mol. The molecule has 0 heterocycles. The van der Waals surface area contributed by atoms with Gasteiger partial charge in [-0.15, -0.1) is 6.58 Å². The van der Waals surface area contributed by atoms with Crippen LogP contribution in [0.1, 0.15) is 19.8 Å². The maximum Gasteiger partial charge on any atom is 0.315 e. The third-order valence-corrected chi connectivity index (χ3v) is 1.49. The minimum atomic E-state index is -0.927. The van der Waals surface area contributed by atoms with E-state index in [-0.39, 0.29) is 18.5 Å². The molecule has 0 spiro atoms. The first-order valence-electron chi connectivity index (χ1n) is 4.43.